The normalized spacial score (nSPS) is 15.0. The molecule has 1 fully saturated rings. The standard InChI is InChI=1S/C20H22N6O3S/c1-12(2)17(19-24-18(25-29-19)13-5-7-21-8-6-13)23-15(27)10-14-11-30-20(22-14)26-9-3-4-16(26)28/h5-8,11-12,17H,3-4,9-10H2,1-2H3,(H,23,27). The fourth-order valence-electron chi connectivity index (χ4n) is 3.23. The summed E-state index contributed by atoms with van der Waals surface area (Å²) in [6.07, 6.45) is 4.83. The van der Waals surface area contributed by atoms with Gasteiger partial charge in [0.05, 0.1) is 12.1 Å². The molecular weight excluding hydrogens is 404 g/mol. The highest BCUT2D eigenvalue weighted by molar-refractivity contribution is 7.14. The van der Waals surface area contributed by atoms with E-state index < -0.39 is 6.04 Å². The van der Waals surface area contributed by atoms with Gasteiger partial charge in [-0.2, -0.15) is 4.98 Å². The first kappa shape index (κ1) is 20.1. The monoisotopic (exact) mass is 426 g/mol. The van der Waals surface area contributed by atoms with Crippen LogP contribution in [0.25, 0.3) is 11.4 Å². The van der Waals surface area contributed by atoms with Crippen LogP contribution in [-0.2, 0) is 16.0 Å². The van der Waals surface area contributed by atoms with Gasteiger partial charge < -0.3 is 9.84 Å². The van der Waals surface area contributed by atoms with Crippen LogP contribution in [0.15, 0.2) is 34.4 Å². The van der Waals surface area contributed by atoms with Crippen molar-refractivity contribution in [2.24, 2.45) is 5.92 Å². The van der Waals surface area contributed by atoms with Gasteiger partial charge in [-0.1, -0.05) is 19.0 Å². The molecule has 0 aromatic carbocycles. The van der Waals surface area contributed by atoms with Crippen LogP contribution in [0.5, 0.6) is 0 Å². The van der Waals surface area contributed by atoms with E-state index >= 15 is 0 Å². The summed E-state index contributed by atoms with van der Waals surface area (Å²) in [7, 11) is 0. The first-order valence-corrected chi connectivity index (χ1v) is 10.7. The molecule has 1 saturated heterocycles. The summed E-state index contributed by atoms with van der Waals surface area (Å²) in [6.45, 7) is 4.63. The van der Waals surface area contributed by atoms with Crippen LogP contribution in [0.4, 0.5) is 5.13 Å². The molecule has 1 unspecified atom stereocenters. The Kier molecular flexibility index (Phi) is 5.84. The zero-order chi connectivity index (χ0) is 21.1. The number of anilines is 1. The van der Waals surface area contributed by atoms with Crippen LogP contribution in [0.3, 0.4) is 0 Å². The van der Waals surface area contributed by atoms with Crippen molar-refractivity contribution in [3.8, 4) is 11.4 Å². The number of amides is 2. The second-order valence-corrected chi connectivity index (χ2v) is 8.26. The molecule has 3 aromatic rings. The third-order valence-electron chi connectivity index (χ3n) is 4.82. The SMILES string of the molecule is CC(C)C(NC(=O)Cc1csc(N2CCCC2=O)n1)c1nc(-c2ccncc2)no1. The fraction of sp³-hybridized carbons (Fsp3) is 0.400. The number of aromatic nitrogens is 4. The smallest absolute Gasteiger partial charge is 0.249 e. The molecule has 9 nitrogen and oxygen atoms in total. The Morgan fingerprint density at radius 2 is 2.10 bits per heavy atom. The predicted octanol–water partition coefficient (Wildman–Crippen LogP) is 2.77. The minimum atomic E-state index is -0.418. The molecule has 10 heteroatoms. The van der Waals surface area contributed by atoms with Gasteiger partial charge in [0, 0.05) is 36.3 Å². The second kappa shape index (κ2) is 8.70. The average Bonchev–Trinajstić information content (AvgIpc) is 3.47. The summed E-state index contributed by atoms with van der Waals surface area (Å²) in [5, 5.41) is 9.46. The quantitative estimate of drug-likeness (QED) is 0.618. The van der Waals surface area contributed by atoms with E-state index in [1.165, 1.54) is 11.3 Å². The van der Waals surface area contributed by atoms with E-state index in [2.05, 4.69) is 25.4 Å². The first-order chi connectivity index (χ1) is 14.5. The molecule has 1 aliphatic rings. The number of carbonyl (C=O) groups is 2. The molecule has 3 aromatic heterocycles. The highest BCUT2D eigenvalue weighted by atomic mass is 32.1. The Labute approximate surface area is 177 Å². The molecule has 1 atom stereocenters. The Balaban J connectivity index is 1.42. The first-order valence-electron chi connectivity index (χ1n) is 9.79. The molecule has 1 aliphatic heterocycles. The molecule has 0 saturated carbocycles. The molecule has 0 bridgehead atoms. The van der Waals surface area contributed by atoms with E-state index in [9.17, 15) is 9.59 Å². The van der Waals surface area contributed by atoms with Crippen molar-refractivity contribution >= 4 is 28.3 Å². The predicted molar refractivity (Wildman–Crippen MR) is 111 cm³/mol. The number of pyridine rings is 1. The zero-order valence-electron chi connectivity index (χ0n) is 16.7. The Bertz CT molecular complexity index is 1030. The highest BCUT2D eigenvalue weighted by Gasteiger charge is 2.27. The molecular formula is C20H22N6O3S. The van der Waals surface area contributed by atoms with Gasteiger partial charge in [-0.3, -0.25) is 19.5 Å². The summed E-state index contributed by atoms with van der Waals surface area (Å²) in [5.41, 5.74) is 1.43. The lowest BCUT2D eigenvalue weighted by molar-refractivity contribution is -0.121. The number of rotatable bonds is 7. The van der Waals surface area contributed by atoms with Crippen molar-refractivity contribution in [2.45, 2.75) is 39.2 Å². The molecule has 30 heavy (non-hydrogen) atoms. The number of thiazole rings is 1. The van der Waals surface area contributed by atoms with Crippen LogP contribution < -0.4 is 10.2 Å². The summed E-state index contributed by atoms with van der Waals surface area (Å²) >= 11 is 1.38. The highest BCUT2D eigenvalue weighted by Crippen LogP contribution is 2.26. The van der Waals surface area contributed by atoms with Crippen molar-refractivity contribution in [1.29, 1.82) is 0 Å². The van der Waals surface area contributed by atoms with Crippen molar-refractivity contribution in [1.82, 2.24) is 25.4 Å². The number of hydrogen-bond acceptors (Lipinski definition) is 8. The Hall–Kier alpha value is -3.14. The maximum absolute atomic E-state index is 12.6. The summed E-state index contributed by atoms with van der Waals surface area (Å²) in [5.74, 6) is 0.745. The van der Waals surface area contributed by atoms with Gasteiger partial charge in [-0.05, 0) is 24.5 Å². The fourth-order valence-corrected chi connectivity index (χ4v) is 4.10. The van der Waals surface area contributed by atoms with Crippen molar-refractivity contribution in [2.75, 3.05) is 11.4 Å². The maximum Gasteiger partial charge on any atom is 0.249 e. The van der Waals surface area contributed by atoms with Gasteiger partial charge in [-0.25, -0.2) is 4.98 Å². The van der Waals surface area contributed by atoms with E-state index in [1.54, 1.807) is 29.4 Å². The molecule has 4 heterocycles. The number of nitrogens with zero attached hydrogens (tertiary/aromatic N) is 5. The van der Waals surface area contributed by atoms with Crippen LogP contribution in [0.1, 0.15) is 44.3 Å². The molecule has 156 valence electrons. The largest absolute Gasteiger partial charge is 0.344 e. The van der Waals surface area contributed by atoms with E-state index in [4.69, 9.17) is 4.52 Å². The van der Waals surface area contributed by atoms with Crippen molar-refractivity contribution in [3.63, 3.8) is 0 Å². The van der Waals surface area contributed by atoms with Gasteiger partial charge in [0.2, 0.25) is 23.5 Å². The van der Waals surface area contributed by atoms with Crippen LogP contribution in [-0.4, -0.2) is 38.5 Å². The molecule has 0 radical (unpaired) electrons. The Morgan fingerprint density at radius 1 is 1.30 bits per heavy atom. The lowest BCUT2D eigenvalue weighted by Gasteiger charge is -2.18. The molecule has 2 amide bonds. The van der Waals surface area contributed by atoms with E-state index in [0.717, 1.165) is 12.0 Å². The van der Waals surface area contributed by atoms with Gasteiger partial charge in [0.15, 0.2) is 5.13 Å². The van der Waals surface area contributed by atoms with Gasteiger partial charge in [0.25, 0.3) is 0 Å². The van der Waals surface area contributed by atoms with Gasteiger partial charge in [0.1, 0.15) is 6.04 Å². The van der Waals surface area contributed by atoms with Gasteiger partial charge in [-0.15, -0.1) is 11.3 Å². The van der Waals surface area contributed by atoms with Crippen LogP contribution in [0, 0.1) is 5.92 Å². The second-order valence-electron chi connectivity index (χ2n) is 7.43. The average molecular weight is 427 g/mol. The zero-order valence-corrected chi connectivity index (χ0v) is 17.6. The van der Waals surface area contributed by atoms with Gasteiger partial charge >= 0.3 is 0 Å². The van der Waals surface area contributed by atoms with E-state index in [-0.39, 0.29) is 24.2 Å². The van der Waals surface area contributed by atoms with Crippen LogP contribution >= 0.6 is 11.3 Å². The lowest BCUT2D eigenvalue weighted by Crippen LogP contribution is -2.33. The minimum Gasteiger partial charge on any atom is -0.344 e. The molecule has 1 N–H and O–H groups in total. The third kappa shape index (κ3) is 4.38. The number of nitrogens with one attached hydrogen (secondary N) is 1. The third-order valence-corrected chi connectivity index (χ3v) is 5.73. The molecule has 0 spiro atoms. The van der Waals surface area contributed by atoms with Crippen molar-refractivity contribution < 1.29 is 14.1 Å². The van der Waals surface area contributed by atoms with E-state index in [0.29, 0.717) is 35.5 Å². The molecule has 4 rings (SSSR count). The summed E-state index contributed by atoms with van der Waals surface area (Å²) < 4.78 is 5.42. The topological polar surface area (TPSA) is 114 Å². The summed E-state index contributed by atoms with van der Waals surface area (Å²) in [4.78, 5) is 39.1. The van der Waals surface area contributed by atoms with E-state index in [1.807, 2.05) is 19.2 Å². The molecule has 0 aliphatic carbocycles. The maximum atomic E-state index is 12.6. The van der Waals surface area contributed by atoms with Crippen molar-refractivity contribution in [3.05, 3.63) is 41.5 Å². The lowest BCUT2D eigenvalue weighted by atomic mass is 10.0. The number of carbonyl (C=O) groups excluding carboxylic acids is 2. The number of hydrogen-bond donors (Lipinski definition) is 1. The summed E-state index contributed by atoms with van der Waals surface area (Å²) in [6, 6.07) is 3.17. The minimum absolute atomic E-state index is 0.0490. The van der Waals surface area contributed by atoms with Crippen LogP contribution in [0.2, 0.25) is 0 Å². The Morgan fingerprint density at radius 3 is 2.80 bits per heavy atom.